The van der Waals surface area contributed by atoms with E-state index in [4.69, 9.17) is 9.84 Å². The Morgan fingerprint density at radius 3 is 2.91 bits per heavy atom. The van der Waals surface area contributed by atoms with Crippen molar-refractivity contribution in [2.75, 3.05) is 6.61 Å². The van der Waals surface area contributed by atoms with Crippen LogP contribution < -0.4 is 4.74 Å². The fraction of sp³-hybridized carbons (Fsp3) is 0.286. The second-order valence-corrected chi connectivity index (χ2v) is 2.64. The first-order valence-corrected chi connectivity index (χ1v) is 4.01. The standard InChI is InChI=1S/C7H8BrNO2/c1-2-11-6-4-3-5(10)7(8)9-6/h3-4,10H,2H2,1H3. The molecule has 0 fully saturated rings. The summed E-state index contributed by atoms with van der Waals surface area (Å²) in [5.41, 5.74) is 0. The number of halogens is 1. The summed E-state index contributed by atoms with van der Waals surface area (Å²) >= 11 is 3.07. The number of hydrogen-bond acceptors (Lipinski definition) is 3. The van der Waals surface area contributed by atoms with E-state index in [2.05, 4.69) is 20.9 Å². The van der Waals surface area contributed by atoms with Crippen LogP contribution in [0.25, 0.3) is 0 Å². The summed E-state index contributed by atoms with van der Waals surface area (Å²) in [6.07, 6.45) is 0. The molecule has 11 heavy (non-hydrogen) atoms. The lowest BCUT2D eigenvalue weighted by atomic mass is 10.4. The van der Waals surface area contributed by atoms with Gasteiger partial charge in [-0.1, -0.05) is 0 Å². The molecule has 1 aromatic heterocycles. The molecule has 60 valence electrons. The molecule has 1 heterocycles. The van der Waals surface area contributed by atoms with Gasteiger partial charge in [0.25, 0.3) is 0 Å². The maximum absolute atomic E-state index is 9.05. The van der Waals surface area contributed by atoms with Crippen LogP contribution in [0.5, 0.6) is 11.6 Å². The third kappa shape index (κ3) is 2.08. The van der Waals surface area contributed by atoms with E-state index in [1.165, 1.54) is 6.07 Å². The first-order chi connectivity index (χ1) is 5.24. The van der Waals surface area contributed by atoms with Crippen LogP contribution in [-0.4, -0.2) is 16.7 Å². The molecule has 0 aliphatic carbocycles. The predicted octanol–water partition coefficient (Wildman–Crippen LogP) is 1.95. The van der Waals surface area contributed by atoms with Crippen molar-refractivity contribution in [1.29, 1.82) is 0 Å². The van der Waals surface area contributed by atoms with Crippen LogP contribution in [0.3, 0.4) is 0 Å². The molecule has 0 radical (unpaired) electrons. The Bertz CT molecular complexity index is 252. The zero-order chi connectivity index (χ0) is 8.27. The zero-order valence-corrected chi connectivity index (χ0v) is 7.63. The molecule has 0 amide bonds. The van der Waals surface area contributed by atoms with Gasteiger partial charge in [0.2, 0.25) is 5.88 Å². The van der Waals surface area contributed by atoms with Gasteiger partial charge in [0.05, 0.1) is 6.61 Å². The van der Waals surface area contributed by atoms with E-state index in [0.717, 1.165) is 0 Å². The highest BCUT2D eigenvalue weighted by molar-refractivity contribution is 9.10. The van der Waals surface area contributed by atoms with Crippen LogP contribution in [0, 0.1) is 0 Å². The summed E-state index contributed by atoms with van der Waals surface area (Å²) in [4.78, 5) is 3.91. The Kier molecular flexibility index (Phi) is 2.70. The second kappa shape index (κ2) is 3.57. The lowest BCUT2D eigenvalue weighted by molar-refractivity contribution is 0.324. The van der Waals surface area contributed by atoms with Crippen molar-refractivity contribution in [1.82, 2.24) is 4.98 Å². The maximum atomic E-state index is 9.05. The number of hydrogen-bond donors (Lipinski definition) is 1. The average Bonchev–Trinajstić information content (AvgIpc) is 1.98. The second-order valence-electron chi connectivity index (χ2n) is 1.89. The van der Waals surface area contributed by atoms with Gasteiger partial charge in [-0.15, -0.1) is 0 Å². The fourth-order valence-electron chi connectivity index (χ4n) is 0.639. The van der Waals surface area contributed by atoms with Crippen LogP contribution in [0.4, 0.5) is 0 Å². The molecule has 0 aliphatic heterocycles. The Morgan fingerprint density at radius 2 is 2.36 bits per heavy atom. The normalized spacial score (nSPS) is 9.64. The van der Waals surface area contributed by atoms with Gasteiger partial charge in [-0.05, 0) is 28.9 Å². The molecule has 0 spiro atoms. The lowest BCUT2D eigenvalue weighted by Crippen LogP contribution is -1.93. The first-order valence-electron chi connectivity index (χ1n) is 3.22. The van der Waals surface area contributed by atoms with Crippen LogP contribution in [-0.2, 0) is 0 Å². The summed E-state index contributed by atoms with van der Waals surface area (Å²) in [7, 11) is 0. The molecular formula is C7H8BrNO2. The molecule has 0 saturated heterocycles. The third-order valence-corrected chi connectivity index (χ3v) is 1.68. The SMILES string of the molecule is CCOc1ccc(O)c(Br)n1. The summed E-state index contributed by atoms with van der Waals surface area (Å²) in [5, 5.41) is 9.05. The molecule has 0 aliphatic rings. The zero-order valence-electron chi connectivity index (χ0n) is 6.04. The smallest absolute Gasteiger partial charge is 0.214 e. The van der Waals surface area contributed by atoms with Gasteiger partial charge in [0.1, 0.15) is 5.75 Å². The van der Waals surface area contributed by atoms with E-state index in [1.54, 1.807) is 6.07 Å². The Hall–Kier alpha value is -0.770. The highest BCUT2D eigenvalue weighted by atomic mass is 79.9. The maximum Gasteiger partial charge on any atom is 0.214 e. The molecular weight excluding hydrogens is 210 g/mol. The number of aromatic nitrogens is 1. The molecule has 1 aromatic rings. The van der Waals surface area contributed by atoms with Crippen LogP contribution >= 0.6 is 15.9 Å². The summed E-state index contributed by atoms with van der Waals surface area (Å²) in [5.74, 6) is 0.630. The summed E-state index contributed by atoms with van der Waals surface area (Å²) in [6.45, 7) is 2.45. The van der Waals surface area contributed by atoms with Crippen molar-refractivity contribution < 1.29 is 9.84 Å². The molecule has 3 nitrogen and oxygen atoms in total. The quantitative estimate of drug-likeness (QED) is 0.771. The van der Waals surface area contributed by atoms with Gasteiger partial charge in [0, 0.05) is 6.07 Å². The molecule has 1 N–H and O–H groups in total. The van der Waals surface area contributed by atoms with Gasteiger partial charge >= 0.3 is 0 Å². The molecule has 1 rings (SSSR count). The van der Waals surface area contributed by atoms with E-state index < -0.39 is 0 Å². The van der Waals surface area contributed by atoms with E-state index in [9.17, 15) is 0 Å². The third-order valence-electron chi connectivity index (χ3n) is 1.10. The highest BCUT2D eigenvalue weighted by Crippen LogP contribution is 2.23. The molecule has 0 saturated carbocycles. The van der Waals surface area contributed by atoms with Crippen molar-refractivity contribution >= 4 is 15.9 Å². The van der Waals surface area contributed by atoms with Crippen LogP contribution in [0.1, 0.15) is 6.92 Å². The van der Waals surface area contributed by atoms with E-state index in [-0.39, 0.29) is 5.75 Å². The monoisotopic (exact) mass is 217 g/mol. The topological polar surface area (TPSA) is 42.4 Å². The number of pyridine rings is 1. The van der Waals surface area contributed by atoms with Crippen LogP contribution in [0.15, 0.2) is 16.7 Å². The van der Waals surface area contributed by atoms with Gasteiger partial charge in [-0.2, -0.15) is 0 Å². The minimum Gasteiger partial charge on any atom is -0.505 e. The number of aromatic hydroxyl groups is 1. The summed E-state index contributed by atoms with van der Waals surface area (Å²) < 4.78 is 5.50. The number of nitrogens with zero attached hydrogens (tertiary/aromatic N) is 1. The molecule has 0 aromatic carbocycles. The average molecular weight is 218 g/mol. The lowest BCUT2D eigenvalue weighted by Gasteiger charge is -2.01. The van der Waals surface area contributed by atoms with Gasteiger partial charge in [-0.25, -0.2) is 4.98 Å². The van der Waals surface area contributed by atoms with Crippen molar-refractivity contribution in [2.45, 2.75) is 6.92 Å². The predicted molar refractivity (Wildman–Crippen MR) is 44.8 cm³/mol. The van der Waals surface area contributed by atoms with E-state index in [0.29, 0.717) is 17.1 Å². The van der Waals surface area contributed by atoms with Crippen molar-refractivity contribution in [3.63, 3.8) is 0 Å². The largest absolute Gasteiger partial charge is 0.505 e. The Morgan fingerprint density at radius 1 is 1.64 bits per heavy atom. The van der Waals surface area contributed by atoms with Crippen molar-refractivity contribution in [3.05, 3.63) is 16.7 Å². The minimum absolute atomic E-state index is 0.119. The van der Waals surface area contributed by atoms with Crippen LogP contribution in [0.2, 0.25) is 0 Å². The molecule has 0 unspecified atom stereocenters. The van der Waals surface area contributed by atoms with E-state index in [1.807, 2.05) is 6.92 Å². The molecule has 0 bridgehead atoms. The van der Waals surface area contributed by atoms with E-state index >= 15 is 0 Å². The van der Waals surface area contributed by atoms with Gasteiger partial charge < -0.3 is 9.84 Å². The van der Waals surface area contributed by atoms with Gasteiger partial charge in [0.15, 0.2) is 4.60 Å². The number of ether oxygens (including phenoxy) is 1. The van der Waals surface area contributed by atoms with Gasteiger partial charge in [-0.3, -0.25) is 0 Å². The fourth-order valence-corrected chi connectivity index (χ4v) is 0.945. The molecule has 0 atom stereocenters. The Balaban J connectivity index is 2.86. The summed E-state index contributed by atoms with van der Waals surface area (Å²) in [6, 6.07) is 3.14. The molecule has 4 heteroatoms. The van der Waals surface area contributed by atoms with Crippen molar-refractivity contribution in [3.8, 4) is 11.6 Å². The first kappa shape index (κ1) is 8.33. The minimum atomic E-state index is 0.119. The highest BCUT2D eigenvalue weighted by Gasteiger charge is 2.00. The van der Waals surface area contributed by atoms with Crippen molar-refractivity contribution in [2.24, 2.45) is 0 Å². The number of rotatable bonds is 2. The Labute approximate surface area is 73.2 Å².